The monoisotopic (exact) mass is 720 g/mol. The summed E-state index contributed by atoms with van der Waals surface area (Å²) in [4.78, 5) is 0. The molecule has 2 aliphatic heterocycles. The lowest BCUT2D eigenvalue weighted by molar-refractivity contribution is -0.272. The van der Waals surface area contributed by atoms with Crippen LogP contribution in [0.3, 0.4) is 0 Å². The maximum absolute atomic E-state index is 10.8. The first-order valence-electron chi connectivity index (χ1n) is 18.0. The van der Waals surface area contributed by atoms with Crippen LogP contribution in [0.2, 0.25) is 5.02 Å². The lowest BCUT2D eigenvalue weighted by Crippen LogP contribution is -2.58. The van der Waals surface area contributed by atoms with Crippen LogP contribution >= 0.6 is 11.6 Å². The van der Waals surface area contributed by atoms with E-state index < -0.39 is 30.5 Å². The van der Waals surface area contributed by atoms with Gasteiger partial charge in [-0.1, -0.05) is 127 Å². The van der Waals surface area contributed by atoms with Gasteiger partial charge in [-0.25, -0.2) is 0 Å². The quantitative estimate of drug-likeness (QED) is 0.117. The van der Waals surface area contributed by atoms with Crippen LogP contribution in [0, 0.1) is 0 Å². The van der Waals surface area contributed by atoms with E-state index in [4.69, 9.17) is 40.0 Å². The van der Waals surface area contributed by atoms with E-state index in [9.17, 15) is 5.11 Å². The number of halogens is 1. The van der Waals surface area contributed by atoms with E-state index in [1.165, 1.54) is 0 Å². The van der Waals surface area contributed by atoms with Crippen molar-refractivity contribution in [2.75, 3.05) is 19.8 Å². The molecule has 5 aromatic carbocycles. The fourth-order valence-corrected chi connectivity index (χ4v) is 7.00. The van der Waals surface area contributed by atoms with E-state index in [2.05, 4.69) is 18.2 Å². The number of aliphatic hydroxyl groups excluding tert-OH is 1. The SMILES string of the molecule is OC[C@H]1O[C@@H](c2ccc(Cl)c(Cc3ccc(O[C@H]4CCOC4)cc3)c2)[C@@H](OCc2ccccc2)[C@@H](OCc2ccccc2)[C@H]1OCc1ccccc1. The highest BCUT2D eigenvalue weighted by molar-refractivity contribution is 6.31. The maximum Gasteiger partial charge on any atom is 0.124 e. The van der Waals surface area contributed by atoms with E-state index in [-0.39, 0.29) is 12.7 Å². The molecular formula is C44H45ClO7. The first kappa shape index (κ1) is 36.3. The molecule has 0 unspecified atom stereocenters. The number of hydrogen-bond acceptors (Lipinski definition) is 7. The van der Waals surface area contributed by atoms with Crippen LogP contribution in [-0.4, -0.2) is 55.4 Å². The second-order valence-electron chi connectivity index (χ2n) is 13.3. The van der Waals surface area contributed by atoms with Gasteiger partial charge in [0, 0.05) is 11.4 Å². The molecule has 52 heavy (non-hydrogen) atoms. The van der Waals surface area contributed by atoms with Gasteiger partial charge in [-0.2, -0.15) is 0 Å². The first-order chi connectivity index (χ1) is 25.6. The molecule has 0 radical (unpaired) electrons. The third-order valence-corrected chi connectivity index (χ3v) is 9.95. The average Bonchev–Trinajstić information content (AvgIpc) is 3.71. The molecule has 0 aliphatic carbocycles. The summed E-state index contributed by atoms with van der Waals surface area (Å²) in [5.41, 5.74) is 6.00. The number of rotatable bonds is 15. The third kappa shape index (κ3) is 9.48. The van der Waals surface area contributed by atoms with Crippen LogP contribution in [0.15, 0.2) is 133 Å². The highest BCUT2D eigenvalue weighted by Crippen LogP contribution is 2.39. The second kappa shape index (κ2) is 18.1. The Labute approximate surface area is 311 Å². The molecule has 0 saturated carbocycles. The predicted molar refractivity (Wildman–Crippen MR) is 200 cm³/mol. The van der Waals surface area contributed by atoms with Gasteiger partial charge < -0.3 is 33.5 Å². The average molecular weight is 721 g/mol. The van der Waals surface area contributed by atoms with Crippen LogP contribution in [0.4, 0.5) is 0 Å². The smallest absolute Gasteiger partial charge is 0.124 e. The van der Waals surface area contributed by atoms with Gasteiger partial charge in [0.25, 0.3) is 0 Å². The molecule has 7 nitrogen and oxygen atoms in total. The van der Waals surface area contributed by atoms with Crippen LogP contribution < -0.4 is 4.74 Å². The number of hydrogen-bond donors (Lipinski definition) is 1. The summed E-state index contributed by atoms with van der Waals surface area (Å²) in [6.07, 6.45) is -1.44. The van der Waals surface area contributed by atoms with Gasteiger partial charge in [0.05, 0.1) is 39.6 Å². The van der Waals surface area contributed by atoms with Gasteiger partial charge in [0.2, 0.25) is 0 Å². The molecule has 0 bridgehead atoms. The van der Waals surface area contributed by atoms with Crippen molar-refractivity contribution in [3.63, 3.8) is 0 Å². The van der Waals surface area contributed by atoms with Crippen molar-refractivity contribution in [3.8, 4) is 5.75 Å². The zero-order chi connectivity index (χ0) is 35.5. The Morgan fingerprint density at radius 2 is 1.21 bits per heavy atom. The number of benzene rings is 5. The lowest BCUT2D eigenvalue weighted by atomic mass is 9.89. The van der Waals surface area contributed by atoms with Crippen molar-refractivity contribution in [3.05, 3.63) is 172 Å². The van der Waals surface area contributed by atoms with Crippen molar-refractivity contribution in [2.45, 2.75) is 69.3 Å². The highest BCUT2D eigenvalue weighted by Gasteiger charge is 2.48. The zero-order valence-electron chi connectivity index (χ0n) is 29.1. The molecule has 0 spiro atoms. The first-order valence-corrected chi connectivity index (χ1v) is 18.4. The van der Waals surface area contributed by atoms with Gasteiger partial charge in [-0.3, -0.25) is 0 Å². The van der Waals surface area contributed by atoms with Gasteiger partial charge >= 0.3 is 0 Å². The summed E-state index contributed by atoms with van der Waals surface area (Å²) in [6.45, 7) is 2.11. The standard InChI is InChI=1S/C44H45ClO7/c45-39-21-18-35(25-36(39)24-31-16-19-37(20-17-31)51-38-22-23-47-30-38)41-43(49-28-33-12-6-2-7-13-33)44(50-29-34-14-8-3-9-15-34)42(40(26-46)52-41)48-27-32-10-4-1-5-11-32/h1-21,25,38,40-44,46H,22-24,26-30H2/t38-,40+,41-,42-,43+,44-/m0/s1. The van der Waals surface area contributed by atoms with Gasteiger partial charge in [-0.15, -0.1) is 0 Å². The van der Waals surface area contributed by atoms with E-state index in [0.717, 1.165) is 52.2 Å². The molecule has 0 amide bonds. The maximum atomic E-state index is 10.8. The molecule has 270 valence electrons. The van der Waals surface area contributed by atoms with Crippen molar-refractivity contribution < 1.29 is 33.5 Å². The molecular weight excluding hydrogens is 676 g/mol. The van der Waals surface area contributed by atoms with Crippen molar-refractivity contribution in [2.24, 2.45) is 0 Å². The molecule has 5 aromatic rings. The summed E-state index contributed by atoms with van der Waals surface area (Å²) in [5, 5.41) is 11.4. The molecule has 1 N–H and O–H groups in total. The number of aliphatic hydroxyl groups is 1. The Morgan fingerprint density at radius 3 is 1.77 bits per heavy atom. The Morgan fingerprint density at radius 1 is 0.635 bits per heavy atom. The van der Waals surface area contributed by atoms with Crippen molar-refractivity contribution >= 4 is 11.6 Å². The molecule has 2 saturated heterocycles. The predicted octanol–water partition coefficient (Wildman–Crippen LogP) is 8.29. The van der Waals surface area contributed by atoms with Crippen LogP contribution in [-0.2, 0) is 49.9 Å². The Kier molecular flexibility index (Phi) is 12.7. The van der Waals surface area contributed by atoms with Gasteiger partial charge in [-0.05, 0) is 58.0 Å². The number of ether oxygens (including phenoxy) is 6. The minimum absolute atomic E-state index is 0.0936. The molecule has 2 aliphatic rings. The van der Waals surface area contributed by atoms with E-state index in [0.29, 0.717) is 37.9 Å². The molecule has 6 atom stereocenters. The third-order valence-electron chi connectivity index (χ3n) is 9.58. The molecule has 8 heteroatoms. The van der Waals surface area contributed by atoms with E-state index in [1.807, 2.05) is 115 Å². The molecule has 0 aromatic heterocycles. The minimum Gasteiger partial charge on any atom is -0.488 e. The lowest BCUT2D eigenvalue weighted by Gasteiger charge is -2.46. The molecule has 2 heterocycles. The van der Waals surface area contributed by atoms with Gasteiger partial charge in [0.1, 0.15) is 42.4 Å². The van der Waals surface area contributed by atoms with E-state index >= 15 is 0 Å². The topological polar surface area (TPSA) is 75.6 Å². The summed E-state index contributed by atoms with van der Waals surface area (Å²) in [6, 6.07) is 44.2. The normalized spacial score (nSPS) is 23.0. The summed E-state index contributed by atoms with van der Waals surface area (Å²) < 4.78 is 38.5. The summed E-state index contributed by atoms with van der Waals surface area (Å²) in [5.74, 6) is 0.828. The van der Waals surface area contributed by atoms with E-state index in [1.54, 1.807) is 0 Å². The fourth-order valence-electron chi connectivity index (χ4n) is 6.81. The van der Waals surface area contributed by atoms with Crippen LogP contribution in [0.1, 0.15) is 45.9 Å². The largest absolute Gasteiger partial charge is 0.488 e. The second-order valence-corrected chi connectivity index (χ2v) is 13.7. The molecule has 2 fully saturated rings. The Balaban J connectivity index is 1.18. The minimum atomic E-state index is -0.678. The zero-order valence-corrected chi connectivity index (χ0v) is 29.9. The van der Waals surface area contributed by atoms with Crippen molar-refractivity contribution in [1.29, 1.82) is 0 Å². The Bertz CT molecular complexity index is 1800. The Hall–Kier alpha value is -4.05. The summed E-state index contributed by atoms with van der Waals surface area (Å²) >= 11 is 6.84. The van der Waals surface area contributed by atoms with Gasteiger partial charge in [0.15, 0.2) is 0 Å². The van der Waals surface area contributed by atoms with Crippen LogP contribution in [0.5, 0.6) is 5.75 Å². The van der Waals surface area contributed by atoms with Crippen molar-refractivity contribution in [1.82, 2.24) is 0 Å². The fraction of sp³-hybridized carbons (Fsp3) is 0.318. The molecule has 7 rings (SSSR count). The van der Waals surface area contributed by atoms with Crippen LogP contribution in [0.25, 0.3) is 0 Å². The summed E-state index contributed by atoms with van der Waals surface area (Å²) in [7, 11) is 0. The highest BCUT2D eigenvalue weighted by atomic mass is 35.5.